The smallest absolute Gasteiger partial charge is 0.216 e. The molecule has 0 aliphatic rings. The normalized spacial score (nSPS) is 11.7. The summed E-state index contributed by atoms with van der Waals surface area (Å²) in [4.78, 5) is 0. The minimum Gasteiger partial charge on any atom is -0.455 e. The summed E-state index contributed by atoms with van der Waals surface area (Å²) in [5.41, 5.74) is 6.91. The lowest BCUT2D eigenvalue weighted by molar-refractivity contribution is -0.660. The van der Waals surface area contributed by atoms with Crippen LogP contribution in [0, 0.1) is 12.8 Å². The first-order chi connectivity index (χ1) is 12.0. The molecule has 2 aromatic heterocycles. The number of furan rings is 1. The fourth-order valence-corrected chi connectivity index (χ4v) is 3.72. The maximum Gasteiger partial charge on any atom is 0.216 e. The lowest BCUT2D eigenvalue weighted by atomic mass is 9.99. The van der Waals surface area contributed by atoms with Crippen LogP contribution in [0.3, 0.4) is 0 Å². The van der Waals surface area contributed by atoms with Crippen molar-refractivity contribution in [1.29, 1.82) is 0 Å². The second-order valence-corrected chi connectivity index (χ2v) is 7.36. The quantitative estimate of drug-likeness (QED) is 0.448. The molecule has 0 saturated carbocycles. The maximum atomic E-state index is 6.26. The van der Waals surface area contributed by atoms with Crippen LogP contribution in [0.15, 0.2) is 59.1 Å². The summed E-state index contributed by atoms with van der Waals surface area (Å²) < 4.78 is 8.48. The van der Waals surface area contributed by atoms with E-state index in [-0.39, 0.29) is 0 Å². The highest BCUT2D eigenvalue weighted by Gasteiger charge is 2.20. The predicted octanol–water partition coefficient (Wildman–Crippen LogP) is 5.58. The molecular weight excluding hydrogens is 306 g/mol. The average molecular weight is 330 g/mol. The van der Waals surface area contributed by atoms with Crippen LogP contribution in [0.25, 0.3) is 33.2 Å². The Morgan fingerprint density at radius 1 is 0.960 bits per heavy atom. The summed E-state index contributed by atoms with van der Waals surface area (Å²) in [7, 11) is 2.13. The molecule has 2 nitrogen and oxygen atoms in total. The molecule has 0 N–H and O–H groups in total. The van der Waals surface area contributed by atoms with Crippen LogP contribution in [0.1, 0.15) is 25.0 Å². The van der Waals surface area contributed by atoms with E-state index >= 15 is 0 Å². The zero-order valence-corrected chi connectivity index (χ0v) is 15.3. The molecule has 4 aromatic rings. The Bertz CT molecular complexity index is 1070. The van der Waals surface area contributed by atoms with E-state index in [1.54, 1.807) is 0 Å². The molecule has 0 bridgehead atoms. The van der Waals surface area contributed by atoms with Crippen LogP contribution in [-0.4, -0.2) is 0 Å². The van der Waals surface area contributed by atoms with Gasteiger partial charge in [-0.3, -0.25) is 0 Å². The van der Waals surface area contributed by atoms with Crippen molar-refractivity contribution in [3.8, 4) is 11.3 Å². The van der Waals surface area contributed by atoms with Crippen LogP contribution in [-0.2, 0) is 13.5 Å². The van der Waals surface area contributed by atoms with Crippen molar-refractivity contribution in [2.45, 2.75) is 27.2 Å². The number of pyridine rings is 1. The van der Waals surface area contributed by atoms with Crippen molar-refractivity contribution in [2.75, 3.05) is 0 Å². The first-order valence-corrected chi connectivity index (χ1v) is 8.94. The molecule has 0 amide bonds. The van der Waals surface area contributed by atoms with Gasteiger partial charge in [-0.1, -0.05) is 44.2 Å². The average Bonchev–Trinajstić information content (AvgIpc) is 2.94. The topological polar surface area (TPSA) is 17.0 Å². The SMILES string of the molecule is Cc1ccc2c(oc3ccccc32)c1-c1ccc(CC(C)C)c[n+]1C. The van der Waals surface area contributed by atoms with E-state index < -0.39 is 0 Å². The standard InChI is InChI=1S/C23H24NO/c1-15(2)13-17-10-12-20(24(4)14-17)22-16(3)9-11-19-18-7-5-6-8-21(18)25-23(19)22/h5-12,14-15H,13H2,1-4H3/q+1. The van der Waals surface area contributed by atoms with Gasteiger partial charge in [-0.15, -0.1) is 0 Å². The van der Waals surface area contributed by atoms with Crippen LogP contribution in [0.4, 0.5) is 0 Å². The zero-order valence-electron chi connectivity index (χ0n) is 15.3. The summed E-state index contributed by atoms with van der Waals surface area (Å²) in [5.74, 6) is 0.659. The fourth-order valence-electron chi connectivity index (χ4n) is 3.72. The van der Waals surface area contributed by atoms with Gasteiger partial charge in [0.25, 0.3) is 0 Å². The van der Waals surface area contributed by atoms with Crippen LogP contribution >= 0.6 is 0 Å². The Hall–Kier alpha value is -2.61. The van der Waals surface area contributed by atoms with Crippen LogP contribution in [0.2, 0.25) is 0 Å². The summed E-state index contributed by atoms with van der Waals surface area (Å²) >= 11 is 0. The summed E-state index contributed by atoms with van der Waals surface area (Å²) in [6.45, 7) is 6.67. The number of rotatable bonds is 3. The van der Waals surface area contributed by atoms with Gasteiger partial charge in [0.1, 0.15) is 18.2 Å². The molecule has 2 aromatic carbocycles. The van der Waals surface area contributed by atoms with Gasteiger partial charge in [-0.05, 0) is 37.0 Å². The molecule has 4 rings (SSSR count). The van der Waals surface area contributed by atoms with E-state index in [9.17, 15) is 0 Å². The molecule has 0 aliphatic carbocycles. The van der Waals surface area contributed by atoms with Crippen molar-refractivity contribution in [1.82, 2.24) is 0 Å². The third kappa shape index (κ3) is 2.72. The second-order valence-electron chi connectivity index (χ2n) is 7.36. The van der Waals surface area contributed by atoms with Crippen molar-refractivity contribution >= 4 is 21.9 Å². The van der Waals surface area contributed by atoms with Gasteiger partial charge in [0.05, 0.1) is 5.56 Å². The number of nitrogens with zero attached hydrogens (tertiary/aromatic N) is 1. The molecule has 0 aliphatic heterocycles. The highest BCUT2D eigenvalue weighted by Crippen LogP contribution is 2.36. The number of hydrogen-bond donors (Lipinski definition) is 0. The Morgan fingerprint density at radius 2 is 1.76 bits per heavy atom. The first-order valence-electron chi connectivity index (χ1n) is 8.94. The second kappa shape index (κ2) is 6.03. The monoisotopic (exact) mass is 330 g/mol. The lowest BCUT2D eigenvalue weighted by Crippen LogP contribution is -2.31. The van der Waals surface area contributed by atoms with Crippen molar-refractivity contribution in [3.63, 3.8) is 0 Å². The van der Waals surface area contributed by atoms with E-state index in [1.165, 1.54) is 33.2 Å². The Kier molecular flexibility index (Phi) is 3.84. The molecule has 0 fully saturated rings. The zero-order chi connectivity index (χ0) is 17.6. The van der Waals surface area contributed by atoms with E-state index in [2.05, 4.69) is 75.0 Å². The minimum absolute atomic E-state index is 0.659. The van der Waals surface area contributed by atoms with Gasteiger partial charge in [0.2, 0.25) is 5.69 Å². The maximum absolute atomic E-state index is 6.26. The number of aromatic nitrogens is 1. The highest BCUT2D eigenvalue weighted by atomic mass is 16.3. The number of benzene rings is 2. The lowest BCUT2D eigenvalue weighted by Gasteiger charge is -2.08. The third-order valence-corrected chi connectivity index (χ3v) is 4.85. The molecule has 25 heavy (non-hydrogen) atoms. The van der Waals surface area contributed by atoms with Gasteiger partial charge in [0, 0.05) is 22.4 Å². The van der Waals surface area contributed by atoms with E-state index in [1.807, 2.05) is 12.1 Å². The van der Waals surface area contributed by atoms with E-state index in [0.717, 1.165) is 17.6 Å². The fraction of sp³-hybridized carbons (Fsp3) is 0.261. The van der Waals surface area contributed by atoms with Crippen molar-refractivity contribution in [3.05, 3.63) is 65.9 Å². The van der Waals surface area contributed by atoms with E-state index in [0.29, 0.717) is 5.92 Å². The molecule has 0 radical (unpaired) electrons. The Labute approximate surface area is 148 Å². The molecule has 0 spiro atoms. The number of hydrogen-bond acceptors (Lipinski definition) is 1. The molecule has 0 unspecified atom stereocenters. The Balaban J connectivity index is 1.96. The summed E-state index contributed by atoms with van der Waals surface area (Å²) in [6.07, 6.45) is 3.35. The van der Waals surface area contributed by atoms with Crippen LogP contribution in [0.5, 0.6) is 0 Å². The largest absolute Gasteiger partial charge is 0.455 e. The van der Waals surface area contributed by atoms with Gasteiger partial charge in [0.15, 0.2) is 6.20 Å². The molecular formula is C23H24NO+. The molecule has 0 atom stereocenters. The van der Waals surface area contributed by atoms with Gasteiger partial charge < -0.3 is 4.42 Å². The van der Waals surface area contributed by atoms with Crippen molar-refractivity contribution in [2.24, 2.45) is 13.0 Å². The van der Waals surface area contributed by atoms with Gasteiger partial charge >= 0.3 is 0 Å². The minimum atomic E-state index is 0.659. The molecule has 2 heteroatoms. The summed E-state index contributed by atoms with van der Waals surface area (Å²) in [5, 5.41) is 2.36. The number of fused-ring (bicyclic) bond motifs is 3. The number of aryl methyl sites for hydroxylation is 2. The third-order valence-electron chi connectivity index (χ3n) is 4.85. The first kappa shape index (κ1) is 15.9. The van der Waals surface area contributed by atoms with Gasteiger partial charge in [-0.2, -0.15) is 0 Å². The number of para-hydroxylation sites is 1. The molecule has 126 valence electrons. The molecule has 0 saturated heterocycles. The summed E-state index contributed by atoms with van der Waals surface area (Å²) in [6, 6.07) is 17.1. The predicted molar refractivity (Wildman–Crippen MR) is 104 cm³/mol. The van der Waals surface area contributed by atoms with Crippen molar-refractivity contribution < 1.29 is 8.98 Å². The van der Waals surface area contributed by atoms with Crippen LogP contribution < -0.4 is 4.57 Å². The van der Waals surface area contributed by atoms with Gasteiger partial charge in [-0.25, -0.2) is 4.57 Å². The van der Waals surface area contributed by atoms with E-state index in [4.69, 9.17) is 4.42 Å². The Morgan fingerprint density at radius 3 is 2.52 bits per heavy atom. The highest BCUT2D eigenvalue weighted by molar-refractivity contribution is 6.09. The molecule has 2 heterocycles.